The maximum absolute atomic E-state index is 13.2. The van der Waals surface area contributed by atoms with Crippen molar-refractivity contribution in [2.75, 3.05) is 18.4 Å². The van der Waals surface area contributed by atoms with E-state index in [1.54, 1.807) is 10.9 Å². The first-order chi connectivity index (χ1) is 15.6. The minimum atomic E-state index is -0.110. The third kappa shape index (κ3) is 5.17. The highest BCUT2D eigenvalue weighted by Crippen LogP contribution is 2.23. The molecular formula is C25H28N4O3. The monoisotopic (exact) mass is 432 g/mol. The van der Waals surface area contributed by atoms with Crippen molar-refractivity contribution in [3.63, 3.8) is 0 Å². The van der Waals surface area contributed by atoms with Crippen LogP contribution in [0.3, 0.4) is 0 Å². The zero-order valence-electron chi connectivity index (χ0n) is 18.2. The Kier molecular flexibility index (Phi) is 6.84. The largest absolute Gasteiger partial charge is 0.489 e. The number of nitrogens with zero attached hydrogens (tertiary/aromatic N) is 3. The van der Waals surface area contributed by atoms with Gasteiger partial charge in [0.1, 0.15) is 12.4 Å². The van der Waals surface area contributed by atoms with Gasteiger partial charge in [0.15, 0.2) is 0 Å². The number of likely N-dealkylation sites (tertiary alicyclic amines) is 1. The van der Waals surface area contributed by atoms with Gasteiger partial charge in [-0.15, -0.1) is 0 Å². The fourth-order valence-corrected chi connectivity index (χ4v) is 3.89. The molecule has 0 saturated carbocycles. The number of rotatable bonds is 7. The van der Waals surface area contributed by atoms with Crippen LogP contribution in [0.5, 0.6) is 5.75 Å². The lowest BCUT2D eigenvalue weighted by Crippen LogP contribution is -2.41. The highest BCUT2D eigenvalue weighted by atomic mass is 16.5. The quantitative estimate of drug-likeness (QED) is 0.613. The van der Waals surface area contributed by atoms with Crippen molar-refractivity contribution in [1.82, 2.24) is 14.7 Å². The van der Waals surface area contributed by atoms with E-state index in [-0.39, 0.29) is 17.7 Å². The molecule has 0 unspecified atom stereocenters. The van der Waals surface area contributed by atoms with Crippen LogP contribution in [-0.2, 0) is 17.9 Å². The summed E-state index contributed by atoms with van der Waals surface area (Å²) in [5.74, 6) is 0.636. The maximum atomic E-state index is 13.2. The van der Waals surface area contributed by atoms with Crippen LogP contribution in [0.4, 0.5) is 5.69 Å². The number of amides is 2. The SMILES string of the molecule is CCn1cc(NC(=O)C2CCN(C(=O)c3ccccc3COc3ccccc3)CC2)cn1. The van der Waals surface area contributed by atoms with E-state index in [1.165, 1.54) is 0 Å². The molecule has 0 radical (unpaired) electrons. The van der Waals surface area contributed by atoms with E-state index in [2.05, 4.69) is 10.4 Å². The standard InChI is InChI=1S/C25H28N4O3/c1-2-29-17-21(16-26-29)27-24(30)19-12-14-28(15-13-19)25(31)23-11-7-6-8-20(23)18-32-22-9-4-3-5-10-22/h3-11,16-17,19H,2,12-15,18H2,1H3,(H,27,30). The number of piperidine rings is 1. The molecule has 32 heavy (non-hydrogen) atoms. The lowest BCUT2D eigenvalue weighted by atomic mass is 9.95. The lowest BCUT2D eigenvalue weighted by Gasteiger charge is -2.31. The van der Waals surface area contributed by atoms with E-state index in [4.69, 9.17) is 4.74 Å². The minimum Gasteiger partial charge on any atom is -0.489 e. The van der Waals surface area contributed by atoms with Crippen LogP contribution < -0.4 is 10.1 Å². The van der Waals surface area contributed by atoms with Crippen LogP contribution in [0, 0.1) is 5.92 Å². The summed E-state index contributed by atoms with van der Waals surface area (Å²) in [5.41, 5.74) is 2.22. The molecule has 7 heteroatoms. The number of benzene rings is 2. The highest BCUT2D eigenvalue weighted by molar-refractivity contribution is 5.96. The number of aromatic nitrogens is 2. The molecule has 1 fully saturated rings. The summed E-state index contributed by atoms with van der Waals surface area (Å²) in [7, 11) is 0. The van der Waals surface area contributed by atoms with Gasteiger partial charge < -0.3 is 15.0 Å². The Balaban J connectivity index is 1.33. The molecular weight excluding hydrogens is 404 g/mol. The van der Waals surface area contributed by atoms with Gasteiger partial charge in [-0.25, -0.2) is 0 Å². The molecule has 7 nitrogen and oxygen atoms in total. The van der Waals surface area contributed by atoms with Crippen LogP contribution in [-0.4, -0.2) is 39.6 Å². The molecule has 2 amide bonds. The number of nitrogens with one attached hydrogen (secondary N) is 1. The molecule has 2 heterocycles. The molecule has 1 aliphatic rings. The van der Waals surface area contributed by atoms with E-state index in [0.29, 0.717) is 43.8 Å². The van der Waals surface area contributed by atoms with Crippen molar-refractivity contribution in [3.8, 4) is 5.75 Å². The van der Waals surface area contributed by atoms with Crippen molar-refractivity contribution >= 4 is 17.5 Å². The average molecular weight is 433 g/mol. The van der Waals surface area contributed by atoms with E-state index < -0.39 is 0 Å². The number of hydrogen-bond donors (Lipinski definition) is 1. The zero-order chi connectivity index (χ0) is 22.3. The third-order valence-corrected chi connectivity index (χ3v) is 5.76. The predicted octanol–water partition coefficient (Wildman–Crippen LogP) is 3.97. The summed E-state index contributed by atoms with van der Waals surface area (Å²) >= 11 is 0. The Hall–Kier alpha value is -3.61. The second-order valence-corrected chi connectivity index (χ2v) is 7.90. The Morgan fingerprint density at radius 1 is 1.06 bits per heavy atom. The summed E-state index contributed by atoms with van der Waals surface area (Å²) in [6.07, 6.45) is 4.77. The third-order valence-electron chi connectivity index (χ3n) is 5.76. The molecule has 0 bridgehead atoms. The van der Waals surface area contributed by atoms with Crippen molar-refractivity contribution < 1.29 is 14.3 Å². The van der Waals surface area contributed by atoms with Gasteiger partial charge in [-0.1, -0.05) is 36.4 Å². The number of hydrogen-bond acceptors (Lipinski definition) is 4. The number of ether oxygens (including phenoxy) is 1. The molecule has 4 rings (SSSR count). The van der Waals surface area contributed by atoms with Gasteiger partial charge in [0.05, 0.1) is 11.9 Å². The first kappa shape index (κ1) is 21.6. The van der Waals surface area contributed by atoms with Gasteiger partial charge in [0, 0.05) is 42.9 Å². The van der Waals surface area contributed by atoms with Gasteiger partial charge in [0.25, 0.3) is 5.91 Å². The minimum absolute atomic E-state index is 0.00980. The molecule has 166 valence electrons. The van der Waals surface area contributed by atoms with Crippen LogP contribution in [0.25, 0.3) is 0 Å². The van der Waals surface area contributed by atoms with Crippen molar-refractivity contribution in [1.29, 1.82) is 0 Å². The van der Waals surface area contributed by atoms with E-state index in [0.717, 1.165) is 17.9 Å². The molecule has 1 N–H and O–H groups in total. The van der Waals surface area contributed by atoms with Gasteiger partial charge in [-0.2, -0.15) is 5.10 Å². The Bertz CT molecular complexity index is 1060. The van der Waals surface area contributed by atoms with Gasteiger partial charge in [-0.3, -0.25) is 14.3 Å². The Morgan fingerprint density at radius 3 is 2.50 bits per heavy atom. The Labute approximate surface area is 188 Å². The number of carbonyl (C=O) groups excluding carboxylic acids is 2. The number of anilines is 1. The molecule has 0 atom stereocenters. The molecule has 3 aromatic rings. The average Bonchev–Trinajstić information content (AvgIpc) is 3.31. The van der Waals surface area contributed by atoms with E-state index in [1.807, 2.05) is 72.6 Å². The molecule has 0 aliphatic carbocycles. The second kappa shape index (κ2) is 10.1. The number of para-hydroxylation sites is 1. The van der Waals surface area contributed by atoms with Gasteiger partial charge in [-0.05, 0) is 38.0 Å². The molecule has 1 saturated heterocycles. The van der Waals surface area contributed by atoms with E-state index in [9.17, 15) is 9.59 Å². The summed E-state index contributed by atoms with van der Waals surface area (Å²) in [5, 5.41) is 7.12. The molecule has 2 aromatic carbocycles. The molecule has 1 aromatic heterocycles. The summed E-state index contributed by atoms with van der Waals surface area (Å²) in [4.78, 5) is 27.6. The van der Waals surface area contributed by atoms with E-state index >= 15 is 0 Å². The second-order valence-electron chi connectivity index (χ2n) is 7.90. The smallest absolute Gasteiger partial charge is 0.254 e. The number of carbonyl (C=O) groups is 2. The van der Waals surface area contributed by atoms with Gasteiger partial charge >= 0.3 is 0 Å². The maximum Gasteiger partial charge on any atom is 0.254 e. The van der Waals surface area contributed by atoms with Crippen molar-refractivity contribution in [2.24, 2.45) is 5.92 Å². The molecule has 1 aliphatic heterocycles. The highest BCUT2D eigenvalue weighted by Gasteiger charge is 2.28. The number of aryl methyl sites for hydroxylation is 1. The topological polar surface area (TPSA) is 76.5 Å². The normalized spacial score (nSPS) is 14.2. The fourth-order valence-electron chi connectivity index (χ4n) is 3.89. The van der Waals surface area contributed by atoms with Crippen molar-refractivity contribution in [3.05, 3.63) is 78.1 Å². The summed E-state index contributed by atoms with van der Waals surface area (Å²) in [6, 6.07) is 17.1. The molecule has 0 spiro atoms. The van der Waals surface area contributed by atoms with Crippen LogP contribution in [0.15, 0.2) is 67.0 Å². The zero-order valence-corrected chi connectivity index (χ0v) is 18.2. The van der Waals surface area contributed by atoms with Crippen molar-refractivity contribution in [2.45, 2.75) is 32.9 Å². The first-order valence-electron chi connectivity index (χ1n) is 11.0. The Morgan fingerprint density at radius 2 is 1.78 bits per heavy atom. The predicted molar refractivity (Wildman–Crippen MR) is 122 cm³/mol. The van der Waals surface area contributed by atoms with Crippen LogP contribution >= 0.6 is 0 Å². The van der Waals surface area contributed by atoms with Crippen LogP contribution in [0.1, 0.15) is 35.7 Å². The summed E-state index contributed by atoms with van der Waals surface area (Å²) in [6.45, 7) is 4.19. The first-order valence-corrected chi connectivity index (χ1v) is 11.0. The fraction of sp³-hybridized carbons (Fsp3) is 0.320. The van der Waals surface area contributed by atoms with Gasteiger partial charge in [0.2, 0.25) is 5.91 Å². The summed E-state index contributed by atoms with van der Waals surface area (Å²) < 4.78 is 7.63. The lowest BCUT2D eigenvalue weighted by molar-refractivity contribution is -0.121. The van der Waals surface area contributed by atoms with Crippen LogP contribution in [0.2, 0.25) is 0 Å².